The molecule has 0 atom stereocenters. The second-order valence-electron chi connectivity index (χ2n) is 4.81. The smallest absolute Gasteiger partial charge is 0.193 e. The van der Waals surface area contributed by atoms with Gasteiger partial charge in [-0.2, -0.15) is 0 Å². The van der Waals surface area contributed by atoms with Crippen LogP contribution in [0.1, 0.15) is 11.1 Å². The van der Waals surface area contributed by atoms with Gasteiger partial charge in [0.2, 0.25) is 0 Å². The number of hydrogen-bond donors (Lipinski definition) is 2. The van der Waals surface area contributed by atoms with Crippen molar-refractivity contribution in [2.45, 2.75) is 13.8 Å². The van der Waals surface area contributed by atoms with Crippen molar-refractivity contribution in [3.63, 3.8) is 0 Å². The van der Waals surface area contributed by atoms with Gasteiger partial charge in [-0.1, -0.05) is 6.07 Å². The first-order valence-corrected chi connectivity index (χ1v) is 6.81. The number of rotatable bonds is 5. The average molecular weight is 412 g/mol. The van der Waals surface area contributed by atoms with E-state index in [2.05, 4.69) is 21.4 Å². The Kier molecular flexibility index (Phi) is 7.65. The van der Waals surface area contributed by atoms with E-state index in [4.69, 9.17) is 10.5 Å². The zero-order valence-corrected chi connectivity index (χ0v) is 15.1. The highest BCUT2D eigenvalue weighted by Gasteiger charge is 1.98. The number of ether oxygens (including phenoxy) is 1. The molecular formula is C16H21IN4O. The van der Waals surface area contributed by atoms with Crippen LogP contribution in [0.25, 0.3) is 0 Å². The number of aryl methyl sites for hydroxylation is 2. The molecule has 0 saturated carbocycles. The summed E-state index contributed by atoms with van der Waals surface area (Å²) in [5.41, 5.74) is 9.17. The highest BCUT2D eigenvalue weighted by Crippen LogP contribution is 2.13. The number of hydrogen-bond acceptors (Lipinski definition) is 3. The summed E-state index contributed by atoms with van der Waals surface area (Å²) in [5.74, 6) is 1.11. The second kappa shape index (κ2) is 9.24. The van der Waals surface area contributed by atoms with Gasteiger partial charge in [-0.05, 0) is 49.2 Å². The molecule has 3 N–H and O–H groups in total. The maximum Gasteiger partial charge on any atom is 0.193 e. The fraction of sp³-hybridized carbons (Fsp3) is 0.250. The standard InChI is InChI=1S/C16H20N4O.HI/c1-12-8-13(2)10-14(9-12)20-16(17)19-6-7-21-15-4-3-5-18-11-15;/h3-5,8-11H,6-7H2,1-2H3,(H3,17,19,20);1H. The molecule has 22 heavy (non-hydrogen) atoms. The molecule has 2 rings (SSSR count). The molecule has 5 nitrogen and oxygen atoms in total. The molecule has 0 spiro atoms. The first-order valence-electron chi connectivity index (χ1n) is 6.81. The predicted octanol–water partition coefficient (Wildman–Crippen LogP) is 3.12. The van der Waals surface area contributed by atoms with Crippen LogP contribution < -0.4 is 15.8 Å². The van der Waals surface area contributed by atoms with Crippen molar-refractivity contribution in [2.75, 3.05) is 18.5 Å². The quantitative estimate of drug-likeness (QED) is 0.343. The molecule has 0 saturated heterocycles. The van der Waals surface area contributed by atoms with Gasteiger partial charge < -0.3 is 15.8 Å². The van der Waals surface area contributed by atoms with Crippen LogP contribution in [0.4, 0.5) is 5.69 Å². The van der Waals surface area contributed by atoms with E-state index in [1.165, 1.54) is 11.1 Å². The summed E-state index contributed by atoms with van der Waals surface area (Å²) >= 11 is 0. The SMILES string of the molecule is Cc1cc(C)cc(NC(N)=NCCOc2cccnc2)c1.I. The minimum Gasteiger partial charge on any atom is -0.490 e. The van der Waals surface area contributed by atoms with Crippen LogP contribution in [0.3, 0.4) is 0 Å². The zero-order chi connectivity index (χ0) is 15.1. The number of pyridine rings is 1. The molecule has 0 aliphatic carbocycles. The highest BCUT2D eigenvalue weighted by molar-refractivity contribution is 14.0. The molecule has 6 heteroatoms. The van der Waals surface area contributed by atoms with Gasteiger partial charge in [0.15, 0.2) is 5.96 Å². The Hall–Kier alpha value is -1.83. The van der Waals surface area contributed by atoms with Crippen LogP contribution in [0.15, 0.2) is 47.7 Å². The number of halogens is 1. The highest BCUT2D eigenvalue weighted by atomic mass is 127. The largest absolute Gasteiger partial charge is 0.490 e. The summed E-state index contributed by atoms with van der Waals surface area (Å²) in [7, 11) is 0. The molecule has 0 bridgehead atoms. The van der Waals surface area contributed by atoms with Crippen LogP contribution in [-0.2, 0) is 0 Å². The fourth-order valence-corrected chi connectivity index (χ4v) is 2.00. The first kappa shape index (κ1) is 18.2. The second-order valence-corrected chi connectivity index (χ2v) is 4.81. The van der Waals surface area contributed by atoms with Crippen molar-refractivity contribution in [1.29, 1.82) is 0 Å². The number of nitrogens with one attached hydrogen (secondary N) is 1. The topological polar surface area (TPSA) is 72.5 Å². The lowest BCUT2D eigenvalue weighted by molar-refractivity contribution is 0.327. The lowest BCUT2D eigenvalue weighted by Gasteiger charge is -2.08. The third-order valence-electron chi connectivity index (χ3n) is 2.77. The number of nitrogens with two attached hydrogens (primary N) is 1. The number of guanidine groups is 1. The summed E-state index contributed by atoms with van der Waals surface area (Å²) < 4.78 is 5.49. The van der Waals surface area contributed by atoms with Crippen LogP contribution in [-0.4, -0.2) is 24.1 Å². The van der Waals surface area contributed by atoms with E-state index in [0.717, 1.165) is 11.4 Å². The van der Waals surface area contributed by atoms with Gasteiger partial charge in [-0.25, -0.2) is 4.99 Å². The Labute approximate surface area is 148 Å². The van der Waals surface area contributed by atoms with Gasteiger partial charge in [0.05, 0.1) is 12.7 Å². The van der Waals surface area contributed by atoms with Crippen molar-refractivity contribution >= 4 is 35.6 Å². The normalized spacial score (nSPS) is 10.7. The molecule has 0 fully saturated rings. The molecule has 1 heterocycles. The molecule has 0 unspecified atom stereocenters. The summed E-state index contributed by atoms with van der Waals surface area (Å²) in [6.45, 7) is 5.04. The van der Waals surface area contributed by atoms with E-state index in [0.29, 0.717) is 19.1 Å². The number of nitrogens with zero attached hydrogens (tertiary/aromatic N) is 2. The Morgan fingerprint density at radius 1 is 1.27 bits per heavy atom. The summed E-state index contributed by atoms with van der Waals surface area (Å²) in [4.78, 5) is 8.20. The third kappa shape index (κ3) is 6.30. The van der Waals surface area contributed by atoms with Crippen molar-refractivity contribution in [3.8, 4) is 5.75 Å². The Balaban J connectivity index is 0.00000242. The molecule has 1 aromatic heterocycles. The van der Waals surface area contributed by atoms with E-state index in [9.17, 15) is 0 Å². The van der Waals surface area contributed by atoms with E-state index in [1.54, 1.807) is 12.4 Å². The van der Waals surface area contributed by atoms with Crippen molar-refractivity contribution < 1.29 is 4.74 Å². The number of anilines is 1. The van der Waals surface area contributed by atoms with Gasteiger partial charge in [0.1, 0.15) is 12.4 Å². The number of aromatic nitrogens is 1. The van der Waals surface area contributed by atoms with Gasteiger partial charge in [0.25, 0.3) is 0 Å². The minimum atomic E-state index is 0. The van der Waals surface area contributed by atoms with Gasteiger partial charge in [-0.15, -0.1) is 24.0 Å². The molecule has 0 radical (unpaired) electrons. The summed E-state index contributed by atoms with van der Waals surface area (Å²) in [5, 5.41) is 3.08. The minimum absolute atomic E-state index is 0. The Morgan fingerprint density at radius 3 is 2.64 bits per heavy atom. The average Bonchev–Trinajstić information content (AvgIpc) is 2.43. The van der Waals surface area contributed by atoms with E-state index < -0.39 is 0 Å². The molecule has 0 aliphatic heterocycles. The van der Waals surface area contributed by atoms with Crippen LogP contribution in [0.2, 0.25) is 0 Å². The van der Waals surface area contributed by atoms with Gasteiger partial charge >= 0.3 is 0 Å². The van der Waals surface area contributed by atoms with Gasteiger partial charge in [0, 0.05) is 11.9 Å². The molecule has 2 aromatic rings. The summed E-state index contributed by atoms with van der Waals surface area (Å²) in [6.07, 6.45) is 3.37. The van der Waals surface area contributed by atoms with Crippen molar-refractivity contribution in [3.05, 3.63) is 53.9 Å². The molecule has 118 valence electrons. The molecule has 0 amide bonds. The van der Waals surface area contributed by atoms with Crippen LogP contribution in [0, 0.1) is 13.8 Å². The fourth-order valence-electron chi connectivity index (χ4n) is 2.00. The third-order valence-corrected chi connectivity index (χ3v) is 2.77. The lowest BCUT2D eigenvalue weighted by Crippen LogP contribution is -2.23. The van der Waals surface area contributed by atoms with Crippen LogP contribution in [0.5, 0.6) is 5.75 Å². The van der Waals surface area contributed by atoms with Crippen molar-refractivity contribution in [2.24, 2.45) is 10.7 Å². The maximum absolute atomic E-state index is 5.86. The molecule has 0 aliphatic rings. The lowest BCUT2D eigenvalue weighted by atomic mass is 10.1. The predicted molar refractivity (Wildman–Crippen MR) is 101 cm³/mol. The van der Waals surface area contributed by atoms with E-state index in [1.807, 2.05) is 38.1 Å². The van der Waals surface area contributed by atoms with Crippen molar-refractivity contribution in [1.82, 2.24) is 4.98 Å². The summed E-state index contributed by atoms with van der Waals surface area (Å²) in [6, 6.07) is 9.85. The van der Waals surface area contributed by atoms with Crippen LogP contribution >= 0.6 is 24.0 Å². The van der Waals surface area contributed by atoms with E-state index in [-0.39, 0.29) is 24.0 Å². The zero-order valence-electron chi connectivity index (χ0n) is 12.7. The van der Waals surface area contributed by atoms with Gasteiger partial charge in [-0.3, -0.25) is 4.98 Å². The molecular weight excluding hydrogens is 391 g/mol. The number of benzene rings is 1. The number of aliphatic imine (C=N–C) groups is 1. The Morgan fingerprint density at radius 2 is 2.00 bits per heavy atom. The maximum atomic E-state index is 5.86. The first-order chi connectivity index (χ1) is 10.1. The van der Waals surface area contributed by atoms with E-state index >= 15 is 0 Å². The molecule has 1 aromatic carbocycles. The monoisotopic (exact) mass is 412 g/mol. The Bertz CT molecular complexity index is 597.